The van der Waals surface area contributed by atoms with E-state index >= 15 is 0 Å². The zero-order valence-electron chi connectivity index (χ0n) is 40.9. The van der Waals surface area contributed by atoms with Crippen molar-refractivity contribution in [3.8, 4) is 0 Å². The molecule has 0 aromatic carbocycles. The molecule has 0 amide bonds. The summed E-state index contributed by atoms with van der Waals surface area (Å²) in [6.07, 6.45) is 57.3. The first-order valence-corrected chi connectivity index (χ1v) is 26.8. The summed E-state index contributed by atoms with van der Waals surface area (Å²) in [4.78, 5) is 38.0. The van der Waals surface area contributed by atoms with Crippen LogP contribution in [0.1, 0.15) is 290 Å². The Kier molecular flexibility index (Phi) is 48.8. The molecular weight excluding hydrogens is 757 g/mol. The van der Waals surface area contributed by atoms with Gasteiger partial charge in [-0.25, -0.2) is 0 Å². The molecular formula is C55H102O6. The van der Waals surface area contributed by atoms with Gasteiger partial charge in [-0.15, -0.1) is 0 Å². The molecule has 0 aromatic heterocycles. The Morgan fingerprint density at radius 1 is 0.311 bits per heavy atom. The summed E-state index contributed by atoms with van der Waals surface area (Å²) in [7, 11) is 0. The van der Waals surface area contributed by atoms with Crippen LogP contribution in [0.3, 0.4) is 0 Å². The van der Waals surface area contributed by atoms with E-state index in [1.807, 2.05) is 0 Å². The van der Waals surface area contributed by atoms with Gasteiger partial charge in [-0.2, -0.15) is 0 Å². The molecule has 0 fully saturated rings. The lowest BCUT2D eigenvalue weighted by Crippen LogP contribution is -2.30. The van der Waals surface area contributed by atoms with Crippen molar-refractivity contribution in [3.05, 3.63) is 24.3 Å². The van der Waals surface area contributed by atoms with Gasteiger partial charge in [-0.05, 0) is 70.6 Å². The van der Waals surface area contributed by atoms with Crippen LogP contribution in [0, 0.1) is 0 Å². The van der Waals surface area contributed by atoms with Crippen molar-refractivity contribution in [2.24, 2.45) is 0 Å². The van der Waals surface area contributed by atoms with Crippen molar-refractivity contribution in [2.45, 2.75) is 297 Å². The molecule has 0 saturated carbocycles. The van der Waals surface area contributed by atoms with Gasteiger partial charge in [0.1, 0.15) is 13.2 Å². The molecule has 358 valence electrons. The Morgan fingerprint density at radius 3 is 0.836 bits per heavy atom. The van der Waals surface area contributed by atoms with Gasteiger partial charge in [0.05, 0.1) is 0 Å². The standard InChI is InChI=1S/C55H102O6/c1-4-7-10-13-16-19-22-24-25-26-27-28-29-31-34-37-40-43-46-49-55(58)61-52(50-59-53(56)47-44-41-38-35-32-21-18-15-12-9-6-3)51-60-54(57)48-45-42-39-36-33-30-23-20-17-14-11-8-5-2/h20,23-25,52H,4-19,21-22,26-51H2,1-3H3/b23-20-,25-24-/t52-/m0/s1. The molecule has 0 bridgehead atoms. The number of unbranched alkanes of at least 4 members (excludes halogenated alkanes) is 34. The fourth-order valence-electron chi connectivity index (χ4n) is 7.84. The first kappa shape index (κ1) is 58.9. The normalized spacial score (nSPS) is 12.1. The molecule has 0 aliphatic carbocycles. The summed E-state index contributed by atoms with van der Waals surface area (Å²) >= 11 is 0. The second-order valence-electron chi connectivity index (χ2n) is 18.1. The minimum absolute atomic E-state index is 0.0709. The Labute approximate surface area is 379 Å². The quantitative estimate of drug-likeness (QED) is 0.0262. The number of hydrogen-bond donors (Lipinski definition) is 0. The summed E-state index contributed by atoms with van der Waals surface area (Å²) in [5.41, 5.74) is 0. The van der Waals surface area contributed by atoms with Crippen LogP contribution in [0.25, 0.3) is 0 Å². The molecule has 0 N–H and O–H groups in total. The summed E-state index contributed by atoms with van der Waals surface area (Å²) in [6, 6.07) is 0. The maximum absolute atomic E-state index is 12.8. The fraction of sp³-hybridized carbons (Fsp3) is 0.873. The van der Waals surface area contributed by atoms with E-state index in [4.69, 9.17) is 14.2 Å². The lowest BCUT2D eigenvalue weighted by molar-refractivity contribution is -0.167. The van der Waals surface area contributed by atoms with E-state index in [9.17, 15) is 14.4 Å². The smallest absolute Gasteiger partial charge is 0.306 e. The molecule has 61 heavy (non-hydrogen) atoms. The molecule has 0 rings (SSSR count). The van der Waals surface area contributed by atoms with E-state index < -0.39 is 6.10 Å². The van der Waals surface area contributed by atoms with Crippen molar-refractivity contribution in [2.75, 3.05) is 13.2 Å². The summed E-state index contributed by atoms with van der Waals surface area (Å²) in [5.74, 6) is -0.869. The zero-order valence-corrected chi connectivity index (χ0v) is 40.9. The number of carbonyl (C=O) groups is 3. The highest BCUT2D eigenvalue weighted by Gasteiger charge is 2.19. The number of rotatable bonds is 49. The van der Waals surface area contributed by atoms with E-state index in [0.29, 0.717) is 19.3 Å². The minimum Gasteiger partial charge on any atom is -0.462 e. The van der Waals surface area contributed by atoms with Crippen molar-refractivity contribution in [1.29, 1.82) is 0 Å². The second-order valence-corrected chi connectivity index (χ2v) is 18.1. The van der Waals surface area contributed by atoms with Gasteiger partial charge in [0.2, 0.25) is 0 Å². The van der Waals surface area contributed by atoms with Gasteiger partial charge in [0.15, 0.2) is 6.10 Å². The van der Waals surface area contributed by atoms with Gasteiger partial charge in [0, 0.05) is 19.3 Å². The van der Waals surface area contributed by atoms with Crippen molar-refractivity contribution >= 4 is 17.9 Å². The fourth-order valence-corrected chi connectivity index (χ4v) is 7.84. The van der Waals surface area contributed by atoms with Gasteiger partial charge >= 0.3 is 17.9 Å². The SMILES string of the molecule is CCCCCC/C=C\CCCCCCCC(=O)OC[C@H](COC(=O)CCCCCCCCCCCCC)OC(=O)CCCCCCCCCCC/C=C\CCCCCCCC. The first-order chi connectivity index (χ1) is 30.0. The van der Waals surface area contributed by atoms with Crippen LogP contribution in [0.15, 0.2) is 24.3 Å². The third-order valence-electron chi connectivity index (χ3n) is 11.9. The van der Waals surface area contributed by atoms with E-state index in [0.717, 1.165) is 64.2 Å². The zero-order chi connectivity index (χ0) is 44.4. The van der Waals surface area contributed by atoms with Crippen LogP contribution in [-0.4, -0.2) is 37.2 Å². The molecule has 6 nitrogen and oxygen atoms in total. The summed E-state index contributed by atoms with van der Waals surface area (Å²) in [5, 5.41) is 0. The highest BCUT2D eigenvalue weighted by atomic mass is 16.6. The highest BCUT2D eigenvalue weighted by Crippen LogP contribution is 2.16. The third kappa shape index (κ3) is 48.8. The van der Waals surface area contributed by atoms with Gasteiger partial charge < -0.3 is 14.2 Å². The topological polar surface area (TPSA) is 78.9 Å². The predicted octanol–water partition coefficient (Wildman–Crippen LogP) is 17.5. The van der Waals surface area contributed by atoms with Crippen molar-refractivity contribution < 1.29 is 28.6 Å². The number of hydrogen-bond acceptors (Lipinski definition) is 6. The maximum atomic E-state index is 12.8. The first-order valence-electron chi connectivity index (χ1n) is 26.8. The van der Waals surface area contributed by atoms with Crippen LogP contribution in [-0.2, 0) is 28.6 Å². The molecule has 0 saturated heterocycles. The molecule has 6 heteroatoms. The van der Waals surface area contributed by atoms with Crippen molar-refractivity contribution in [3.63, 3.8) is 0 Å². The van der Waals surface area contributed by atoms with Crippen LogP contribution in [0.2, 0.25) is 0 Å². The summed E-state index contributed by atoms with van der Waals surface area (Å²) in [6.45, 7) is 6.63. The largest absolute Gasteiger partial charge is 0.462 e. The third-order valence-corrected chi connectivity index (χ3v) is 11.9. The lowest BCUT2D eigenvalue weighted by Gasteiger charge is -2.18. The number of ether oxygens (including phenoxy) is 3. The average molecular weight is 859 g/mol. The van der Waals surface area contributed by atoms with Crippen LogP contribution in [0.5, 0.6) is 0 Å². The molecule has 0 heterocycles. The molecule has 0 aromatic rings. The minimum atomic E-state index is -0.770. The Balaban J connectivity index is 4.31. The van der Waals surface area contributed by atoms with Crippen LogP contribution >= 0.6 is 0 Å². The molecule has 1 atom stereocenters. The van der Waals surface area contributed by atoms with E-state index in [1.54, 1.807) is 0 Å². The number of carbonyl (C=O) groups excluding carboxylic acids is 3. The Hall–Kier alpha value is -2.11. The highest BCUT2D eigenvalue weighted by molar-refractivity contribution is 5.71. The van der Waals surface area contributed by atoms with Gasteiger partial charge in [-0.3, -0.25) is 14.4 Å². The summed E-state index contributed by atoms with van der Waals surface area (Å²) < 4.78 is 16.8. The number of allylic oxidation sites excluding steroid dienone is 4. The Bertz CT molecular complexity index is 989. The van der Waals surface area contributed by atoms with Crippen molar-refractivity contribution in [1.82, 2.24) is 0 Å². The maximum Gasteiger partial charge on any atom is 0.306 e. The molecule has 0 spiro atoms. The van der Waals surface area contributed by atoms with E-state index in [-0.39, 0.29) is 31.1 Å². The monoisotopic (exact) mass is 859 g/mol. The predicted molar refractivity (Wildman–Crippen MR) is 261 cm³/mol. The number of esters is 3. The molecule has 0 aliphatic heterocycles. The molecule has 0 unspecified atom stereocenters. The second kappa shape index (κ2) is 50.5. The van der Waals surface area contributed by atoms with Gasteiger partial charge in [-0.1, -0.05) is 225 Å². The van der Waals surface area contributed by atoms with E-state index in [1.165, 1.54) is 186 Å². The van der Waals surface area contributed by atoms with Crippen LogP contribution in [0.4, 0.5) is 0 Å². The molecule has 0 radical (unpaired) electrons. The lowest BCUT2D eigenvalue weighted by atomic mass is 10.1. The molecule has 0 aliphatic rings. The van der Waals surface area contributed by atoms with Gasteiger partial charge in [0.25, 0.3) is 0 Å². The van der Waals surface area contributed by atoms with Crippen LogP contribution < -0.4 is 0 Å². The average Bonchev–Trinajstić information content (AvgIpc) is 3.26. The van der Waals surface area contributed by atoms with E-state index in [2.05, 4.69) is 45.1 Å². The Morgan fingerprint density at radius 2 is 0.541 bits per heavy atom.